The highest BCUT2D eigenvalue weighted by molar-refractivity contribution is 7.91. The minimum Gasteiger partial charge on any atom is -0.325 e. The van der Waals surface area contributed by atoms with Crippen molar-refractivity contribution in [1.82, 2.24) is 4.31 Å². The maximum absolute atomic E-state index is 13.3. The normalized spacial score (nSPS) is 16.6. The van der Waals surface area contributed by atoms with Crippen LogP contribution >= 0.6 is 11.3 Å². The average Bonchev–Trinajstić information content (AvgIpc) is 3.34. The Labute approximate surface area is 187 Å². The molecule has 0 fully saturated rings. The SMILES string of the molecule is CCCCc1ccc(NC(=O)[C@H]2Cc3ccccc3CN2S(=O)(=O)c2cccs2)cc1. The van der Waals surface area contributed by atoms with E-state index in [-0.39, 0.29) is 16.7 Å². The lowest BCUT2D eigenvalue weighted by Crippen LogP contribution is -2.50. The van der Waals surface area contributed by atoms with Gasteiger partial charge >= 0.3 is 0 Å². The summed E-state index contributed by atoms with van der Waals surface area (Å²) in [5.41, 5.74) is 3.85. The van der Waals surface area contributed by atoms with E-state index in [1.807, 2.05) is 48.5 Å². The van der Waals surface area contributed by atoms with Crippen LogP contribution in [-0.4, -0.2) is 24.7 Å². The summed E-state index contributed by atoms with van der Waals surface area (Å²) in [5, 5.41) is 4.67. The lowest BCUT2D eigenvalue weighted by molar-refractivity contribution is -0.120. The molecule has 1 aliphatic rings. The van der Waals surface area contributed by atoms with Gasteiger partial charge in [-0.25, -0.2) is 8.42 Å². The van der Waals surface area contributed by atoms with E-state index in [1.165, 1.54) is 21.2 Å². The fourth-order valence-corrected chi connectivity index (χ4v) is 6.55. The van der Waals surface area contributed by atoms with E-state index in [1.54, 1.807) is 17.5 Å². The highest BCUT2D eigenvalue weighted by Crippen LogP contribution is 2.31. The van der Waals surface area contributed by atoms with Crippen molar-refractivity contribution < 1.29 is 13.2 Å². The van der Waals surface area contributed by atoms with Crippen LogP contribution in [0.15, 0.2) is 70.3 Å². The molecule has 0 bridgehead atoms. The fourth-order valence-electron chi connectivity index (χ4n) is 3.86. The fraction of sp³-hybridized carbons (Fsp3) is 0.292. The Morgan fingerprint density at radius 2 is 1.81 bits per heavy atom. The standard InChI is InChI=1S/C24H26N2O3S2/c1-2-3-7-18-11-13-21(14-12-18)25-24(27)22-16-19-8-4-5-9-20(19)17-26(22)31(28,29)23-10-6-15-30-23/h4-6,8-15,22H,2-3,7,16-17H2,1H3,(H,25,27)/t22-/m1/s1. The van der Waals surface area contributed by atoms with Gasteiger partial charge in [-0.2, -0.15) is 4.31 Å². The van der Waals surface area contributed by atoms with Crippen molar-refractivity contribution in [2.45, 2.75) is 49.4 Å². The molecule has 1 N–H and O–H groups in total. The maximum atomic E-state index is 13.3. The molecule has 0 saturated carbocycles. The van der Waals surface area contributed by atoms with Crippen molar-refractivity contribution in [3.8, 4) is 0 Å². The third-order valence-electron chi connectivity index (χ3n) is 5.61. The quantitative estimate of drug-likeness (QED) is 0.555. The van der Waals surface area contributed by atoms with Crippen molar-refractivity contribution in [1.29, 1.82) is 0 Å². The molecule has 4 rings (SSSR count). The van der Waals surface area contributed by atoms with E-state index in [0.29, 0.717) is 12.1 Å². The van der Waals surface area contributed by atoms with Gasteiger partial charge in [0.25, 0.3) is 10.0 Å². The van der Waals surface area contributed by atoms with Gasteiger partial charge in [-0.05, 0) is 59.5 Å². The topological polar surface area (TPSA) is 66.5 Å². The summed E-state index contributed by atoms with van der Waals surface area (Å²) < 4.78 is 28.2. The zero-order chi connectivity index (χ0) is 21.8. The molecule has 0 radical (unpaired) electrons. The summed E-state index contributed by atoms with van der Waals surface area (Å²) in [6, 6.07) is 18.0. The third kappa shape index (κ3) is 4.74. The van der Waals surface area contributed by atoms with Gasteiger partial charge in [-0.3, -0.25) is 4.79 Å². The van der Waals surface area contributed by atoms with E-state index in [9.17, 15) is 13.2 Å². The minimum atomic E-state index is -3.77. The summed E-state index contributed by atoms with van der Waals surface area (Å²) in [5.74, 6) is -0.309. The second kappa shape index (κ2) is 9.34. The van der Waals surface area contributed by atoms with E-state index in [0.717, 1.165) is 30.4 Å². The number of carbonyl (C=O) groups excluding carboxylic acids is 1. The van der Waals surface area contributed by atoms with Crippen LogP contribution in [-0.2, 0) is 34.2 Å². The molecule has 1 atom stereocenters. The number of hydrogen-bond donors (Lipinski definition) is 1. The number of aryl methyl sites for hydroxylation is 1. The Hall–Kier alpha value is -2.48. The second-order valence-electron chi connectivity index (χ2n) is 7.76. The van der Waals surface area contributed by atoms with Crippen molar-refractivity contribution in [3.63, 3.8) is 0 Å². The van der Waals surface area contributed by atoms with Gasteiger partial charge in [-0.15, -0.1) is 11.3 Å². The van der Waals surface area contributed by atoms with Crippen LogP contribution in [0.2, 0.25) is 0 Å². The van der Waals surface area contributed by atoms with Gasteiger partial charge in [0.05, 0.1) is 0 Å². The number of unbranched alkanes of at least 4 members (excludes halogenated alkanes) is 1. The number of thiophene rings is 1. The minimum absolute atomic E-state index is 0.185. The van der Waals surface area contributed by atoms with Crippen LogP contribution in [0.25, 0.3) is 0 Å². The zero-order valence-corrected chi connectivity index (χ0v) is 19.1. The molecule has 31 heavy (non-hydrogen) atoms. The molecule has 1 aromatic heterocycles. The number of fused-ring (bicyclic) bond motifs is 1. The van der Waals surface area contributed by atoms with Crippen LogP contribution in [0.4, 0.5) is 5.69 Å². The number of sulfonamides is 1. The summed E-state index contributed by atoms with van der Waals surface area (Å²) in [6.07, 6.45) is 3.62. The molecule has 3 aromatic rings. The number of carbonyl (C=O) groups is 1. The first kappa shape index (κ1) is 21.7. The van der Waals surface area contributed by atoms with Crippen molar-refractivity contribution in [3.05, 3.63) is 82.7 Å². The lowest BCUT2D eigenvalue weighted by Gasteiger charge is -2.34. The maximum Gasteiger partial charge on any atom is 0.253 e. The highest BCUT2D eigenvalue weighted by atomic mass is 32.2. The van der Waals surface area contributed by atoms with E-state index < -0.39 is 16.1 Å². The number of nitrogens with zero attached hydrogens (tertiary/aromatic N) is 1. The first-order valence-electron chi connectivity index (χ1n) is 10.5. The zero-order valence-electron chi connectivity index (χ0n) is 17.5. The van der Waals surface area contributed by atoms with Gasteiger partial charge in [0.1, 0.15) is 10.3 Å². The molecule has 1 aliphatic heterocycles. The molecule has 0 spiro atoms. The van der Waals surface area contributed by atoms with Crippen molar-refractivity contribution in [2.75, 3.05) is 5.32 Å². The highest BCUT2D eigenvalue weighted by Gasteiger charge is 2.40. The molecule has 1 amide bonds. The van der Waals surface area contributed by atoms with Crippen molar-refractivity contribution in [2.24, 2.45) is 0 Å². The molecule has 0 saturated heterocycles. The smallest absolute Gasteiger partial charge is 0.253 e. The molecule has 0 aliphatic carbocycles. The van der Waals surface area contributed by atoms with Crippen LogP contribution in [0, 0.1) is 0 Å². The van der Waals surface area contributed by atoms with E-state index in [4.69, 9.17) is 0 Å². The third-order valence-corrected chi connectivity index (χ3v) is 8.83. The lowest BCUT2D eigenvalue weighted by atomic mass is 9.95. The van der Waals surface area contributed by atoms with Gasteiger partial charge in [0, 0.05) is 12.2 Å². The Morgan fingerprint density at radius 1 is 1.06 bits per heavy atom. The summed E-state index contributed by atoms with van der Waals surface area (Å²) in [7, 11) is -3.77. The Balaban J connectivity index is 1.60. The van der Waals surface area contributed by atoms with E-state index >= 15 is 0 Å². The number of anilines is 1. The monoisotopic (exact) mass is 454 g/mol. The Bertz CT molecular complexity index is 1140. The van der Waals surface area contributed by atoms with E-state index in [2.05, 4.69) is 12.2 Å². The molecular weight excluding hydrogens is 428 g/mol. The van der Waals surface area contributed by atoms with Crippen LogP contribution in [0.1, 0.15) is 36.5 Å². The summed E-state index contributed by atoms with van der Waals surface area (Å²) in [4.78, 5) is 13.2. The predicted molar refractivity (Wildman–Crippen MR) is 125 cm³/mol. The number of rotatable bonds is 7. The number of hydrogen-bond acceptors (Lipinski definition) is 4. The Morgan fingerprint density at radius 3 is 2.48 bits per heavy atom. The molecule has 162 valence electrons. The predicted octanol–water partition coefficient (Wildman–Crippen LogP) is 4.85. The molecule has 7 heteroatoms. The number of amides is 1. The van der Waals surface area contributed by atoms with Crippen LogP contribution < -0.4 is 5.32 Å². The molecule has 2 aromatic carbocycles. The molecule has 2 heterocycles. The van der Waals surface area contributed by atoms with Crippen molar-refractivity contribution >= 4 is 33.0 Å². The summed E-state index contributed by atoms with van der Waals surface area (Å²) in [6.45, 7) is 2.34. The van der Waals surface area contributed by atoms with Gasteiger partial charge in [0.2, 0.25) is 5.91 Å². The van der Waals surface area contributed by atoms with Gasteiger partial charge in [-0.1, -0.05) is 55.8 Å². The largest absolute Gasteiger partial charge is 0.325 e. The molecule has 0 unspecified atom stereocenters. The van der Waals surface area contributed by atoms with Gasteiger partial charge in [0.15, 0.2) is 0 Å². The molecule has 5 nitrogen and oxygen atoms in total. The molecular formula is C24H26N2O3S2. The van der Waals surface area contributed by atoms with Crippen LogP contribution in [0.3, 0.4) is 0 Å². The average molecular weight is 455 g/mol. The van der Waals surface area contributed by atoms with Gasteiger partial charge < -0.3 is 5.32 Å². The Kier molecular flexibility index (Phi) is 6.55. The van der Waals surface area contributed by atoms with Crippen LogP contribution in [0.5, 0.6) is 0 Å². The number of benzene rings is 2. The first-order valence-corrected chi connectivity index (χ1v) is 12.8. The second-order valence-corrected chi connectivity index (χ2v) is 10.8. The first-order chi connectivity index (χ1) is 15.0. The summed E-state index contributed by atoms with van der Waals surface area (Å²) >= 11 is 1.17. The number of nitrogens with one attached hydrogen (secondary N) is 1.